The number of H-pyrrole nitrogens is 1. The molecule has 144 valence electrons. The largest absolute Gasteiger partial charge is 0.497 e. The summed E-state index contributed by atoms with van der Waals surface area (Å²) in [7, 11) is -1.91. The molecule has 1 aromatic carbocycles. The zero-order valence-corrected chi connectivity index (χ0v) is 16.5. The number of hydrogen-bond acceptors (Lipinski definition) is 5. The molecular formula is C19H23N3O4S. The number of aromatic nitrogens is 2. The van der Waals surface area contributed by atoms with Crippen molar-refractivity contribution in [3.8, 4) is 5.75 Å². The lowest BCUT2D eigenvalue weighted by Gasteiger charge is -2.30. The third-order valence-corrected chi connectivity index (χ3v) is 7.45. The third-order valence-electron chi connectivity index (χ3n) is 5.31. The van der Waals surface area contributed by atoms with E-state index in [-0.39, 0.29) is 4.90 Å². The van der Waals surface area contributed by atoms with E-state index in [4.69, 9.17) is 9.26 Å². The quantitative estimate of drug-likeness (QED) is 0.739. The highest BCUT2D eigenvalue weighted by Gasteiger charge is 2.34. The summed E-state index contributed by atoms with van der Waals surface area (Å²) in [5.74, 6) is 1.48. The summed E-state index contributed by atoms with van der Waals surface area (Å²) in [6, 6.07) is 8.09. The molecular weight excluding hydrogens is 366 g/mol. The molecule has 3 aromatic rings. The number of nitrogens with zero attached hydrogens (tertiary/aromatic N) is 2. The normalized spacial score (nSPS) is 16.9. The molecule has 7 nitrogen and oxygen atoms in total. The minimum absolute atomic E-state index is 0.207. The van der Waals surface area contributed by atoms with Crippen LogP contribution in [0.5, 0.6) is 5.75 Å². The molecule has 0 radical (unpaired) electrons. The van der Waals surface area contributed by atoms with Gasteiger partial charge in [0.05, 0.1) is 7.11 Å². The number of piperidine rings is 1. The van der Waals surface area contributed by atoms with Crippen LogP contribution in [0.25, 0.3) is 10.9 Å². The lowest BCUT2D eigenvalue weighted by Crippen LogP contribution is -2.38. The number of aromatic amines is 1. The molecule has 0 saturated carbocycles. The second-order valence-electron chi connectivity index (χ2n) is 7.01. The van der Waals surface area contributed by atoms with Gasteiger partial charge in [0.25, 0.3) is 0 Å². The molecule has 2 aromatic heterocycles. The molecule has 3 heterocycles. The zero-order valence-electron chi connectivity index (χ0n) is 15.7. The first-order valence-corrected chi connectivity index (χ1v) is 10.4. The molecule has 8 heteroatoms. The molecule has 0 aliphatic carbocycles. The Bertz CT molecular complexity index is 1060. The van der Waals surface area contributed by atoms with E-state index in [1.165, 1.54) is 0 Å². The fourth-order valence-corrected chi connectivity index (χ4v) is 5.62. The Hall–Kier alpha value is -2.32. The Kier molecular flexibility index (Phi) is 4.47. The molecule has 1 aliphatic rings. The number of fused-ring (bicyclic) bond motifs is 1. The monoisotopic (exact) mass is 389 g/mol. The summed E-state index contributed by atoms with van der Waals surface area (Å²) >= 11 is 0. The average Bonchev–Trinajstić information content (AvgIpc) is 3.24. The predicted molar refractivity (Wildman–Crippen MR) is 102 cm³/mol. The van der Waals surface area contributed by atoms with Crippen LogP contribution in [-0.2, 0) is 10.0 Å². The Labute approximate surface area is 158 Å². The molecule has 1 N–H and O–H groups in total. The van der Waals surface area contributed by atoms with Crippen molar-refractivity contribution < 1.29 is 17.7 Å². The highest BCUT2D eigenvalue weighted by atomic mass is 32.2. The van der Waals surface area contributed by atoms with Crippen molar-refractivity contribution in [2.75, 3.05) is 20.2 Å². The van der Waals surface area contributed by atoms with Crippen molar-refractivity contribution in [3.63, 3.8) is 0 Å². The number of ether oxygens (including phenoxy) is 1. The number of nitrogens with one attached hydrogen (secondary N) is 1. The van der Waals surface area contributed by atoms with Crippen LogP contribution in [0, 0.1) is 13.8 Å². The number of methoxy groups -OCH3 is 1. The van der Waals surface area contributed by atoms with Crippen LogP contribution in [0.1, 0.15) is 35.9 Å². The summed E-state index contributed by atoms with van der Waals surface area (Å²) in [5.41, 5.74) is 2.63. The average molecular weight is 389 g/mol. The molecule has 0 amide bonds. The summed E-state index contributed by atoms with van der Waals surface area (Å²) in [4.78, 5) is 3.67. The Morgan fingerprint density at radius 2 is 1.96 bits per heavy atom. The van der Waals surface area contributed by atoms with E-state index in [2.05, 4.69) is 16.2 Å². The van der Waals surface area contributed by atoms with E-state index < -0.39 is 10.0 Å². The predicted octanol–water partition coefficient (Wildman–Crippen LogP) is 3.35. The van der Waals surface area contributed by atoms with E-state index in [9.17, 15) is 8.42 Å². The van der Waals surface area contributed by atoms with Gasteiger partial charge in [0.15, 0.2) is 5.76 Å². The van der Waals surface area contributed by atoms with Crippen molar-refractivity contribution in [2.24, 2.45) is 0 Å². The number of sulfonamides is 1. The van der Waals surface area contributed by atoms with Crippen LogP contribution in [0.3, 0.4) is 0 Å². The van der Waals surface area contributed by atoms with Gasteiger partial charge < -0.3 is 14.2 Å². The Morgan fingerprint density at radius 3 is 2.59 bits per heavy atom. The number of rotatable bonds is 4. The van der Waals surface area contributed by atoms with Gasteiger partial charge in [-0.15, -0.1) is 0 Å². The first kappa shape index (κ1) is 18.1. The SMILES string of the molecule is COc1ccc2[nH]c(C3CCN(S(=O)(=O)c4c(C)noc4C)CC3)cc2c1. The third kappa shape index (κ3) is 3.12. The highest BCUT2D eigenvalue weighted by molar-refractivity contribution is 7.89. The maximum atomic E-state index is 12.9. The molecule has 1 saturated heterocycles. The molecule has 0 spiro atoms. The van der Waals surface area contributed by atoms with E-state index in [1.54, 1.807) is 25.3 Å². The molecule has 0 unspecified atom stereocenters. The summed E-state index contributed by atoms with van der Waals surface area (Å²) < 4.78 is 37.8. The molecule has 0 atom stereocenters. The van der Waals surface area contributed by atoms with Gasteiger partial charge in [0, 0.05) is 35.6 Å². The lowest BCUT2D eigenvalue weighted by atomic mass is 9.95. The molecule has 1 fully saturated rings. The maximum absolute atomic E-state index is 12.9. The lowest BCUT2D eigenvalue weighted by molar-refractivity contribution is 0.316. The second-order valence-corrected chi connectivity index (χ2v) is 8.88. The van der Waals surface area contributed by atoms with E-state index in [0.717, 1.165) is 35.2 Å². The minimum Gasteiger partial charge on any atom is -0.497 e. The van der Waals surface area contributed by atoms with Crippen molar-refractivity contribution in [1.29, 1.82) is 0 Å². The van der Waals surface area contributed by atoms with Gasteiger partial charge in [-0.05, 0) is 51.0 Å². The van der Waals surface area contributed by atoms with Gasteiger partial charge >= 0.3 is 0 Å². The first-order chi connectivity index (χ1) is 12.9. The molecule has 1 aliphatic heterocycles. The van der Waals surface area contributed by atoms with Crippen molar-refractivity contribution in [3.05, 3.63) is 41.4 Å². The molecule has 27 heavy (non-hydrogen) atoms. The number of hydrogen-bond donors (Lipinski definition) is 1. The Morgan fingerprint density at radius 1 is 1.22 bits per heavy atom. The van der Waals surface area contributed by atoms with Gasteiger partial charge in [0.1, 0.15) is 16.3 Å². The standard InChI is InChI=1S/C19H23N3O4S/c1-12-19(13(2)26-21-12)27(23,24)22-8-6-14(7-9-22)18-11-15-10-16(25-3)4-5-17(15)20-18/h4-5,10-11,14,20H,6-9H2,1-3H3. The first-order valence-electron chi connectivity index (χ1n) is 9.00. The van der Waals surface area contributed by atoms with Crippen LogP contribution < -0.4 is 4.74 Å². The molecule has 4 rings (SSSR count). The smallest absolute Gasteiger partial charge is 0.248 e. The zero-order chi connectivity index (χ0) is 19.2. The number of benzene rings is 1. The number of aryl methyl sites for hydroxylation is 2. The maximum Gasteiger partial charge on any atom is 0.248 e. The van der Waals surface area contributed by atoms with Gasteiger partial charge in [-0.2, -0.15) is 4.31 Å². The second kappa shape index (κ2) is 6.69. The highest BCUT2D eigenvalue weighted by Crippen LogP contribution is 2.34. The van der Waals surface area contributed by atoms with Crippen LogP contribution >= 0.6 is 0 Å². The van der Waals surface area contributed by atoms with Crippen LogP contribution in [0.4, 0.5) is 0 Å². The van der Waals surface area contributed by atoms with Gasteiger partial charge in [-0.25, -0.2) is 8.42 Å². The fraction of sp³-hybridized carbons (Fsp3) is 0.421. The van der Waals surface area contributed by atoms with Gasteiger partial charge in [-0.1, -0.05) is 5.16 Å². The van der Waals surface area contributed by atoms with Gasteiger partial charge in [-0.3, -0.25) is 0 Å². The van der Waals surface area contributed by atoms with E-state index in [0.29, 0.717) is 30.5 Å². The van der Waals surface area contributed by atoms with Crippen LogP contribution in [-0.4, -0.2) is 43.1 Å². The van der Waals surface area contributed by atoms with Crippen molar-refractivity contribution >= 4 is 20.9 Å². The Balaban J connectivity index is 1.52. The van der Waals surface area contributed by atoms with Crippen LogP contribution in [0.2, 0.25) is 0 Å². The van der Waals surface area contributed by atoms with Gasteiger partial charge in [0.2, 0.25) is 10.0 Å². The molecule has 0 bridgehead atoms. The van der Waals surface area contributed by atoms with E-state index >= 15 is 0 Å². The summed E-state index contributed by atoms with van der Waals surface area (Å²) in [6.07, 6.45) is 1.54. The summed E-state index contributed by atoms with van der Waals surface area (Å²) in [5, 5.41) is 4.89. The van der Waals surface area contributed by atoms with Crippen LogP contribution in [0.15, 0.2) is 33.7 Å². The van der Waals surface area contributed by atoms with Crippen molar-refractivity contribution in [2.45, 2.75) is 37.5 Å². The fourth-order valence-electron chi connectivity index (χ4n) is 3.86. The summed E-state index contributed by atoms with van der Waals surface area (Å²) in [6.45, 7) is 4.26. The topological polar surface area (TPSA) is 88.4 Å². The van der Waals surface area contributed by atoms with Crippen molar-refractivity contribution in [1.82, 2.24) is 14.4 Å². The van der Waals surface area contributed by atoms with E-state index in [1.807, 2.05) is 18.2 Å². The minimum atomic E-state index is -3.57.